The number of carbonyl (C=O) groups excluding carboxylic acids is 2. The third-order valence-electron chi connectivity index (χ3n) is 4.85. The molecule has 0 aliphatic heterocycles. The SMILES string of the molecule is NC(=O)CCN(CCc1ccccc1)C(=O)c1cnc2c(c1)CCCC2. The molecular formula is C21H25N3O2. The van der Waals surface area contributed by atoms with E-state index in [0.29, 0.717) is 18.7 Å². The molecule has 1 aromatic carbocycles. The highest BCUT2D eigenvalue weighted by Crippen LogP contribution is 2.21. The van der Waals surface area contributed by atoms with Crippen LogP contribution in [0.1, 0.15) is 46.4 Å². The first-order valence-electron chi connectivity index (χ1n) is 9.23. The van der Waals surface area contributed by atoms with Gasteiger partial charge in [0.05, 0.1) is 5.56 Å². The second-order valence-corrected chi connectivity index (χ2v) is 6.78. The summed E-state index contributed by atoms with van der Waals surface area (Å²) in [5, 5.41) is 0. The van der Waals surface area contributed by atoms with Crippen molar-refractivity contribution < 1.29 is 9.59 Å². The third-order valence-corrected chi connectivity index (χ3v) is 4.85. The van der Waals surface area contributed by atoms with Gasteiger partial charge in [0, 0.05) is 31.4 Å². The molecule has 0 atom stereocenters. The molecule has 136 valence electrons. The Morgan fingerprint density at radius 2 is 1.85 bits per heavy atom. The van der Waals surface area contributed by atoms with Gasteiger partial charge >= 0.3 is 0 Å². The van der Waals surface area contributed by atoms with Crippen LogP contribution in [0.4, 0.5) is 0 Å². The fraction of sp³-hybridized carbons (Fsp3) is 0.381. The van der Waals surface area contributed by atoms with Crippen LogP contribution in [0.2, 0.25) is 0 Å². The van der Waals surface area contributed by atoms with Crippen molar-refractivity contribution in [2.24, 2.45) is 5.73 Å². The zero-order valence-electron chi connectivity index (χ0n) is 15.0. The Hall–Kier alpha value is -2.69. The normalized spacial score (nSPS) is 13.1. The number of hydrogen-bond acceptors (Lipinski definition) is 3. The Balaban J connectivity index is 1.74. The molecule has 0 unspecified atom stereocenters. The van der Waals surface area contributed by atoms with E-state index in [1.165, 1.54) is 5.56 Å². The number of primary amides is 1. The maximum absolute atomic E-state index is 13.0. The van der Waals surface area contributed by atoms with Crippen LogP contribution >= 0.6 is 0 Å². The predicted octanol–water partition coefficient (Wildman–Crippen LogP) is 2.52. The minimum absolute atomic E-state index is 0.0805. The molecule has 0 saturated heterocycles. The second-order valence-electron chi connectivity index (χ2n) is 6.78. The molecule has 0 bridgehead atoms. The summed E-state index contributed by atoms with van der Waals surface area (Å²) in [5.41, 5.74) is 9.34. The fourth-order valence-corrected chi connectivity index (χ4v) is 3.36. The molecule has 0 saturated carbocycles. The van der Waals surface area contributed by atoms with Crippen LogP contribution in [0.3, 0.4) is 0 Å². The smallest absolute Gasteiger partial charge is 0.255 e. The van der Waals surface area contributed by atoms with Crippen LogP contribution in [0.5, 0.6) is 0 Å². The van der Waals surface area contributed by atoms with Crippen molar-refractivity contribution in [2.45, 2.75) is 38.5 Å². The number of nitrogens with two attached hydrogens (primary N) is 1. The molecule has 0 spiro atoms. The topological polar surface area (TPSA) is 76.3 Å². The zero-order chi connectivity index (χ0) is 18.4. The zero-order valence-corrected chi connectivity index (χ0v) is 15.0. The summed E-state index contributed by atoms with van der Waals surface area (Å²) in [6, 6.07) is 12.0. The van der Waals surface area contributed by atoms with Gasteiger partial charge in [0.2, 0.25) is 5.91 Å². The average molecular weight is 351 g/mol. The fourth-order valence-electron chi connectivity index (χ4n) is 3.36. The van der Waals surface area contributed by atoms with Crippen molar-refractivity contribution in [1.82, 2.24) is 9.88 Å². The molecule has 26 heavy (non-hydrogen) atoms. The Morgan fingerprint density at radius 1 is 1.08 bits per heavy atom. The minimum atomic E-state index is -0.397. The van der Waals surface area contributed by atoms with Crippen LogP contribution in [0.15, 0.2) is 42.6 Å². The van der Waals surface area contributed by atoms with Gasteiger partial charge in [-0.25, -0.2) is 0 Å². The maximum Gasteiger partial charge on any atom is 0.255 e. The van der Waals surface area contributed by atoms with Gasteiger partial charge in [-0.2, -0.15) is 0 Å². The van der Waals surface area contributed by atoms with E-state index < -0.39 is 5.91 Å². The highest BCUT2D eigenvalue weighted by atomic mass is 16.2. The number of fused-ring (bicyclic) bond motifs is 1. The van der Waals surface area contributed by atoms with E-state index >= 15 is 0 Å². The Bertz CT molecular complexity index is 774. The monoisotopic (exact) mass is 351 g/mol. The average Bonchev–Trinajstić information content (AvgIpc) is 2.68. The molecule has 2 aromatic rings. The molecule has 1 heterocycles. The molecular weight excluding hydrogens is 326 g/mol. The van der Waals surface area contributed by atoms with E-state index in [9.17, 15) is 9.59 Å². The van der Waals surface area contributed by atoms with Gasteiger partial charge in [-0.15, -0.1) is 0 Å². The van der Waals surface area contributed by atoms with Crippen molar-refractivity contribution >= 4 is 11.8 Å². The summed E-state index contributed by atoms with van der Waals surface area (Å²) in [4.78, 5) is 30.4. The lowest BCUT2D eigenvalue weighted by Gasteiger charge is -2.23. The lowest BCUT2D eigenvalue weighted by Crippen LogP contribution is -2.36. The van der Waals surface area contributed by atoms with Crippen molar-refractivity contribution in [3.63, 3.8) is 0 Å². The number of amides is 2. The van der Waals surface area contributed by atoms with Crippen LogP contribution in [0.25, 0.3) is 0 Å². The Labute approximate surface area is 154 Å². The molecule has 0 fully saturated rings. The van der Waals surface area contributed by atoms with Gasteiger partial charge in [0.25, 0.3) is 5.91 Å². The van der Waals surface area contributed by atoms with E-state index in [1.54, 1.807) is 11.1 Å². The van der Waals surface area contributed by atoms with Crippen LogP contribution < -0.4 is 5.73 Å². The number of pyridine rings is 1. The quantitative estimate of drug-likeness (QED) is 0.833. The Morgan fingerprint density at radius 3 is 2.62 bits per heavy atom. The minimum Gasteiger partial charge on any atom is -0.370 e. The van der Waals surface area contributed by atoms with Gasteiger partial charge in [0.1, 0.15) is 0 Å². The van der Waals surface area contributed by atoms with E-state index in [4.69, 9.17) is 5.73 Å². The highest BCUT2D eigenvalue weighted by molar-refractivity contribution is 5.94. The van der Waals surface area contributed by atoms with Gasteiger partial charge in [-0.05, 0) is 49.3 Å². The second kappa shape index (κ2) is 8.61. The van der Waals surface area contributed by atoms with Gasteiger partial charge in [-0.3, -0.25) is 14.6 Å². The lowest BCUT2D eigenvalue weighted by molar-refractivity contribution is -0.118. The number of benzene rings is 1. The summed E-state index contributed by atoms with van der Waals surface area (Å²) in [6.07, 6.45) is 6.85. The number of hydrogen-bond donors (Lipinski definition) is 1. The van der Waals surface area contributed by atoms with Gasteiger partial charge in [-0.1, -0.05) is 30.3 Å². The predicted molar refractivity (Wildman–Crippen MR) is 101 cm³/mol. The van der Waals surface area contributed by atoms with Gasteiger partial charge < -0.3 is 10.6 Å². The standard InChI is InChI=1S/C21H25N3O2/c22-20(25)11-13-24(12-10-16-6-2-1-3-7-16)21(26)18-14-17-8-4-5-9-19(17)23-15-18/h1-3,6-7,14-15H,4-5,8-13H2,(H2,22,25). The van der Waals surface area contributed by atoms with Crippen molar-refractivity contribution in [3.8, 4) is 0 Å². The maximum atomic E-state index is 13.0. The van der Waals surface area contributed by atoms with Gasteiger partial charge in [0.15, 0.2) is 0 Å². The van der Waals surface area contributed by atoms with Crippen molar-refractivity contribution in [1.29, 1.82) is 0 Å². The van der Waals surface area contributed by atoms with Crippen LogP contribution in [-0.2, 0) is 24.1 Å². The van der Waals surface area contributed by atoms with E-state index in [-0.39, 0.29) is 12.3 Å². The molecule has 2 amide bonds. The summed E-state index contributed by atoms with van der Waals surface area (Å²) < 4.78 is 0. The number of carbonyl (C=O) groups is 2. The van der Waals surface area contributed by atoms with Crippen molar-refractivity contribution in [3.05, 3.63) is 65.0 Å². The van der Waals surface area contributed by atoms with Crippen LogP contribution in [0, 0.1) is 0 Å². The number of nitrogens with zero attached hydrogens (tertiary/aromatic N) is 2. The first-order valence-corrected chi connectivity index (χ1v) is 9.23. The largest absolute Gasteiger partial charge is 0.370 e. The lowest BCUT2D eigenvalue weighted by atomic mass is 9.95. The molecule has 1 aromatic heterocycles. The highest BCUT2D eigenvalue weighted by Gasteiger charge is 2.19. The molecule has 1 aliphatic rings. The summed E-state index contributed by atoms with van der Waals surface area (Å²) >= 11 is 0. The number of rotatable bonds is 7. The Kier molecular flexibility index (Phi) is 6.00. The van der Waals surface area contributed by atoms with E-state index in [2.05, 4.69) is 4.98 Å². The van der Waals surface area contributed by atoms with Crippen LogP contribution in [-0.4, -0.2) is 34.8 Å². The number of aryl methyl sites for hydroxylation is 2. The first-order chi connectivity index (χ1) is 12.6. The summed E-state index contributed by atoms with van der Waals surface area (Å²) in [5.74, 6) is -0.478. The summed E-state index contributed by atoms with van der Waals surface area (Å²) in [7, 11) is 0. The molecule has 3 rings (SSSR count). The molecule has 1 aliphatic carbocycles. The van der Waals surface area contributed by atoms with Crippen molar-refractivity contribution in [2.75, 3.05) is 13.1 Å². The number of aromatic nitrogens is 1. The molecule has 5 nitrogen and oxygen atoms in total. The molecule has 0 radical (unpaired) electrons. The first kappa shape index (κ1) is 18.1. The molecule has 5 heteroatoms. The molecule has 2 N–H and O–H groups in total. The van der Waals surface area contributed by atoms with E-state index in [0.717, 1.165) is 43.4 Å². The van der Waals surface area contributed by atoms with E-state index in [1.807, 2.05) is 36.4 Å². The summed E-state index contributed by atoms with van der Waals surface area (Å²) in [6.45, 7) is 0.880. The third kappa shape index (κ3) is 4.69.